The van der Waals surface area contributed by atoms with Crippen LogP contribution in [-0.2, 0) is 16.0 Å². The molecule has 0 aliphatic heterocycles. The summed E-state index contributed by atoms with van der Waals surface area (Å²) >= 11 is 1.62. The Kier molecular flexibility index (Phi) is 6.44. The number of carbonyl (C=O) groups is 2. The van der Waals surface area contributed by atoms with Crippen LogP contribution in [0.5, 0.6) is 0 Å². The van der Waals surface area contributed by atoms with Crippen molar-refractivity contribution in [2.24, 2.45) is 0 Å². The third kappa shape index (κ3) is 5.29. The van der Waals surface area contributed by atoms with Crippen molar-refractivity contribution in [3.8, 4) is 11.3 Å². The number of benzene rings is 2. The van der Waals surface area contributed by atoms with E-state index in [1.807, 2.05) is 68.6 Å². The van der Waals surface area contributed by atoms with E-state index in [2.05, 4.69) is 10.3 Å². The molecule has 29 heavy (non-hydrogen) atoms. The second-order valence-electron chi connectivity index (χ2n) is 7.19. The van der Waals surface area contributed by atoms with Crippen molar-refractivity contribution in [2.45, 2.75) is 27.2 Å². The minimum absolute atomic E-state index is 0.0167. The Morgan fingerprint density at radius 1 is 1.03 bits per heavy atom. The molecule has 3 aromatic rings. The van der Waals surface area contributed by atoms with Crippen LogP contribution >= 0.6 is 11.3 Å². The number of rotatable bonds is 6. The van der Waals surface area contributed by atoms with Gasteiger partial charge in [0.2, 0.25) is 11.8 Å². The van der Waals surface area contributed by atoms with Gasteiger partial charge in [0.1, 0.15) is 0 Å². The number of thiazole rings is 1. The van der Waals surface area contributed by atoms with Crippen molar-refractivity contribution < 1.29 is 9.59 Å². The lowest BCUT2D eigenvalue weighted by molar-refractivity contribution is -0.132. The largest absolute Gasteiger partial charge is 0.336 e. The molecule has 6 heteroatoms. The highest BCUT2D eigenvalue weighted by molar-refractivity contribution is 7.09. The lowest BCUT2D eigenvalue weighted by Gasteiger charge is -2.18. The highest BCUT2D eigenvalue weighted by Gasteiger charge is 2.15. The second kappa shape index (κ2) is 9.01. The summed E-state index contributed by atoms with van der Waals surface area (Å²) in [7, 11) is 1.65. The first-order chi connectivity index (χ1) is 13.8. The number of anilines is 1. The van der Waals surface area contributed by atoms with Crippen LogP contribution in [-0.4, -0.2) is 35.3 Å². The molecular formula is C23H25N3O2S. The maximum absolute atomic E-state index is 12.5. The Labute approximate surface area is 175 Å². The van der Waals surface area contributed by atoms with Crippen LogP contribution in [0.25, 0.3) is 11.3 Å². The molecule has 0 atom stereocenters. The molecule has 0 aliphatic carbocycles. The molecule has 0 unspecified atom stereocenters. The maximum atomic E-state index is 12.5. The van der Waals surface area contributed by atoms with E-state index in [0.717, 1.165) is 38.6 Å². The Hall–Kier alpha value is -2.99. The molecule has 2 aromatic carbocycles. The van der Waals surface area contributed by atoms with Gasteiger partial charge in [-0.15, -0.1) is 11.3 Å². The van der Waals surface area contributed by atoms with Gasteiger partial charge in [0.25, 0.3) is 0 Å². The fraction of sp³-hybridized carbons (Fsp3) is 0.261. The normalized spacial score (nSPS) is 10.6. The molecule has 1 N–H and O–H groups in total. The van der Waals surface area contributed by atoms with Gasteiger partial charge in [0.05, 0.1) is 23.7 Å². The summed E-state index contributed by atoms with van der Waals surface area (Å²) in [6.07, 6.45) is 0.254. The first-order valence-corrected chi connectivity index (χ1v) is 10.3. The van der Waals surface area contributed by atoms with Gasteiger partial charge in [-0.1, -0.05) is 42.5 Å². The van der Waals surface area contributed by atoms with Crippen molar-refractivity contribution in [3.05, 3.63) is 69.5 Å². The monoisotopic (exact) mass is 407 g/mol. The Balaban J connectivity index is 1.57. The lowest BCUT2D eigenvalue weighted by atomic mass is 10.1. The van der Waals surface area contributed by atoms with Gasteiger partial charge in [0, 0.05) is 23.7 Å². The van der Waals surface area contributed by atoms with Gasteiger partial charge < -0.3 is 10.2 Å². The van der Waals surface area contributed by atoms with E-state index in [0.29, 0.717) is 0 Å². The minimum atomic E-state index is -0.201. The van der Waals surface area contributed by atoms with Crippen molar-refractivity contribution in [1.29, 1.82) is 0 Å². The van der Waals surface area contributed by atoms with Crippen molar-refractivity contribution in [2.75, 3.05) is 18.9 Å². The summed E-state index contributed by atoms with van der Waals surface area (Å²) in [4.78, 5) is 30.8. The molecule has 0 spiro atoms. The third-order valence-electron chi connectivity index (χ3n) is 4.78. The number of para-hydroxylation sites is 1. The van der Waals surface area contributed by atoms with E-state index in [1.54, 1.807) is 18.4 Å². The summed E-state index contributed by atoms with van der Waals surface area (Å²) in [5.41, 5.74) is 5.71. The number of nitrogens with zero attached hydrogens (tertiary/aromatic N) is 2. The molecule has 0 bridgehead atoms. The number of carbonyl (C=O) groups excluding carboxylic acids is 2. The van der Waals surface area contributed by atoms with E-state index >= 15 is 0 Å². The number of hydrogen-bond donors (Lipinski definition) is 1. The number of amides is 2. The van der Waals surface area contributed by atoms with E-state index in [1.165, 1.54) is 4.90 Å². The molecule has 0 saturated carbocycles. The summed E-state index contributed by atoms with van der Waals surface area (Å²) in [6, 6.07) is 13.7. The fourth-order valence-corrected chi connectivity index (χ4v) is 3.72. The minimum Gasteiger partial charge on any atom is -0.336 e. The predicted molar refractivity (Wildman–Crippen MR) is 118 cm³/mol. The average Bonchev–Trinajstić information content (AvgIpc) is 3.11. The van der Waals surface area contributed by atoms with E-state index in [4.69, 9.17) is 0 Å². The van der Waals surface area contributed by atoms with Gasteiger partial charge >= 0.3 is 0 Å². The maximum Gasteiger partial charge on any atom is 0.243 e. The van der Waals surface area contributed by atoms with Crippen LogP contribution in [0.2, 0.25) is 0 Å². The third-order valence-corrected chi connectivity index (χ3v) is 5.55. The quantitative estimate of drug-likeness (QED) is 0.660. The second-order valence-corrected chi connectivity index (χ2v) is 8.25. The smallest absolute Gasteiger partial charge is 0.243 e. The molecule has 1 aromatic heterocycles. The van der Waals surface area contributed by atoms with Crippen LogP contribution in [0.4, 0.5) is 5.69 Å². The number of nitrogens with one attached hydrogen (secondary N) is 1. The van der Waals surface area contributed by atoms with Crippen LogP contribution in [0.3, 0.4) is 0 Å². The van der Waals surface area contributed by atoms with E-state index < -0.39 is 0 Å². The lowest BCUT2D eigenvalue weighted by Crippen LogP contribution is -2.36. The Morgan fingerprint density at radius 3 is 2.28 bits per heavy atom. The number of aromatic nitrogens is 1. The summed E-state index contributed by atoms with van der Waals surface area (Å²) in [5.74, 6) is -0.300. The molecule has 3 rings (SSSR count). The van der Waals surface area contributed by atoms with Gasteiger partial charge in [-0.2, -0.15) is 0 Å². The van der Waals surface area contributed by atoms with E-state index in [-0.39, 0.29) is 24.8 Å². The zero-order chi connectivity index (χ0) is 21.0. The summed E-state index contributed by atoms with van der Waals surface area (Å²) < 4.78 is 0. The molecular weight excluding hydrogens is 382 g/mol. The molecule has 1 heterocycles. The molecule has 0 fully saturated rings. The fourth-order valence-electron chi connectivity index (χ4n) is 3.09. The molecule has 5 nitrogen and oxygen atoms in total. The average molecular weight is 408 g/mol. The molecule has 150 valence electrons. The molecule has 2 amide bonds. The van der Waals surface area contributed by atoms with Crippen molar-refractivity contribution >= 4 is 28.8 Å². The van der Waals surface area contributed by atoms with Gasteiger partial charge in [-0.05, 0) is 37.5 Å². The summed E-state index contributed by atoms with van der Waals surface area (Å²) in [6.45, 7) is 5.90. The standard InChI is InChI=1S/C23H25N3O2S/c1-15-6-5-7-16(2)23(15)25-21(27)13-26(4)22(28)12-18-8-10-19(11-9-18)20-14-29-17(3)24-20/h5-11,14H,12-13H2,1-4H3,(H,25,27). The van der Waals surface area contributed by atoms with Gasteiger partial charge in [-0.25, -0.2) is 4.98 Å². The molecule has 0 aliphatic rings. The van der Waals surface area contributed by atoms with Crippen molar-refractivity contribution in [1.82, 2.24) is 9.88 Å². The first kappa shape index (κ1) is 20.7. The van der Waals surface area contributed by atoms with Gasteiger partial charge in [-0.3, -0.25) is 9.59 Å². The Bertz CT molecular complexity index is 1000. The van der Waals surface area contributed by atoms with Crippen molar-refractivity contribution in [3.63, 3.8) is 0 Å². The highest BCUT2D eigenvalue weighted by atomic mass is 32.1. The zero-order valence-corrected chi connectivity index (χ0v) is 18.0. The van der Waals surface area contributed by atoms with Crippen LogP contribution < -0.4 is 5.32 Å². The SMILES string of the molecule is Cc1nc(-c2ccc(CC(=O)N(C)CC(=O)Nc3c(C)cccc3C)cc2)cs1. The molecule has 0 radical (unpaired) electrons. The first-order valence-electron chi connectivity index (χ1n) is 9.45. The molecule has 0 saturated heterocycles. The van der Waals surface area contributed by atoms with Crippen LogP contribution in [0, 0.1) is 20.8 Å². The number of aryl methyl sites for hydroxylation is 3. The van der Waals surface area contributed by atoms with Crippen LogP contribution in [0.1, 0.15) is 21.7 Å². The topological polar surface area (TPSA) is 62.3 Å². The number of hydrogen-bond acceptors (Lipinski definition) is 4. The summed E-state index contributed by atoms with van der Waals surface area (Å²) in [5, 5.41) is 5.97. The van der Waals surface area contributed by atoms with Gasteiger partial charge in [0.15, 0.2) is 0 Å². The van der Waals surface area contributed by atoms with E-state index in [9.17, 15) is 9.59 Å². The Morgan fingerprint density at radius 2 is 1.69 bits per heavy atom. The number of likely N-dealkylation sites (N-methyl/N-ethyl adjacent to an activating group) is 1. The highest BCUT2D eigenvalue weighted by Crippen LogP contribution is 2.22. The zero-order valence-electron chi connectivity index (χ0n) is 17.2. The van der Waals surface area contributed by atoms with Crippen LogP contribution in [0.15, 0.2) is 47.8 Å². The predicted octanol–water partition coefficient (Wildman–Crippen LogP) is 4.37.